The van der Waals surface area contributed by atoms with Crippen molar-refractivity contribution in [3.63, 3.8) is 0 Å². The van der Waals surface area contributed by atoms with E-state index in [0.717, 1.165) is 41.3 Å². The average molecular weight is 519 g/mol. The van der Waals surface area contributed by atoms with Crippen molar-refractivity contribution in [3.05, 3.63) is 0 Å². The summed E-state index contributed by atoms with van der Waals surface area (Å²) in [7, 11) is 0. The first-order chi connectivity index (χ1) is 17.1. The van der Waals surface area contributed by atoms with Crippen molar-refractivity contribution in [2.45, 2.75) is 130 Å². The fourth-order valence-corrected chi connectivity index (χ4v) is 12.3. The molecule has 1 spiro atoms. The van der Waals surface area contributed by atoms with Crippen LogP contribution in [-0.4, -0.2) is 29.4 Å². The molecule has 4 aliphatic carbocycles. The molecular weight excluding hydrogens is 464 g/mol. The molecular formula is C32H54O3S. The molecule has 4 saturated carbocycles. The van der Waals surface area contributed by atoms with E-state index in [2.05, 4.69) is 46.4 Å². The number of esters is 1. The standard InChI is InChI=1S/C32H54O3S/c1-21(2)10-9-11-22(3)26-13-14-27-25-18-32(35-24(20-36-32)19-34-23(4)33)29-12-7-8-16-31(29,6)28(25)15-17-30(26,27)5/h21-22,24-29H,7-20H2,1-6H3/t22-,24?,25+,26-,27+,28+,29+,30-,31-,32+/m1/s1. The van der Waals surface area contributed by atoms with Crippen molar-refractivity contribution in [1.82, 2.24) is 0 Å². The Bertz CT molecular complexity index is 798. The quantitative estimate of drug-likeness (QED) is 0.316. The van der Waals surface area contributed by atoms with Crippen LogP contribution in [0.4, 0.5) is 0 Å². The summed E-state index contributed by atoms with van der Waals surface area (Å²) in [5, 5.41) is 0. The molecule has 3 nitrogen and oxygen atoms in total. The van der Waals surface area contributed by atoms with Crippen LogP contribution >= 0.6 is 11.8 Å². The van der Waals surface area contributed by atoms with Gasteiger partial charge in [0.1, 0.15) is 17.6 Å². The van der Waals surface area contributed by atoms with Gasteiger partial charge in [-0.1, -0.05) is 66.7 Å². The molecule has 4 heteroatoms. The Labute approximate surface area is 226 Å². The highest BCUT2D eigenvalue weighted by Gasteiger charge is 2.67. The largest absolute Gasteiger partial charge is 0.463 e. The van der Waals surface area contributed by atoms with Crippen LogP contribution in [0.25, 0.3) is 0 Å². The zero-order valence-electron chi connectivity index (χ0n) is 24.2. The first-order valence-electron chi connectivity index (χ1n) is 15.5. The third-order valence-electron chi connectivity index (χ3n) is 12.1. The lowest BCUT2D eigenvalue weighted by molar-refractivity contribution is -0.199. The Morgan fingerprint density at radius 1 is 1.00 bits per heavy atom. The third-order valence-corrected chi connectivity index (χ3v) is 13.7. The normalized spacial score (nSPS) is 46.9. The molecule has 5 fully saturated rings. The minimum absolute atomic E-state index is 0.0552. The number of rotatable bonds is 7. The van der Waals surface area contributed by atoms with Gasteiger partial charge in [-0.05, 0) is 91.3 Å². The van der Waals surface area contributed by atoms with Gasteiger partial charge in [0.2, 0.25) is 0 Å². The summed E-state index contributed by atoms with van der Waals surface area (Å²) in [5.74, 6) is 6.58. The molecule has 0 aromatic rings. The highest BCUT2D eigenvalue weighted by Crippen LogP contribution is 2.72. The molecule has 0 radical (unpaired) electrons. The highest BCUT2D eigenvalue weighted by atomic mass is 32.2. The Morgan fingerprint density at radius 2 is 1.78 bits per heavy atom. The summed E-state index contributed by atoms with van der Waals surface area (Å²) in [5.41, 5.74) is 0.921. The van der Waals surface area contributed by atoms with E-state index in [1.54, 1.807) is 0 Å². The van der Waals surface area contributed by atoms with Crippen LogP contribution in [0.1, 0.15) is 119 Å². The molecule has 5 rings (SSSR count). The van der Waals surface area contributed by atoms with Crippen LogP contribution in [0.5, 0.6) is 0 Å². The molecule has 206 valence electrons. The van der Waals surface area contributed by atoms with Crippen LogP contribution in [0.15, 0.2) is 0 Å². The monoisotopic (exact) mass is 518 g/mol. The van der Waals surface area contributed by atoms with Gasteiger partial charge in [-0.2, -0.15) is 0 Å². The molecule has 1 heterocycles. The Balaban J connectivity index is 1.37. The van der Waals surface area contributed by atoms with Crippen LogP contribution in [0.2, 0.25) is 0 Å². The van der Waals surface area contributed by atoms with Crippen molar-refractivity contribution in [3.8, 4) is 0 Å². The Kier molecular flexibility index (Phi) is 7.90. The predicted octanol–water partition coefficient (Wildman–Crippen LogP) is 8.50. The molecule has 0 bridgehead atoms. The summed E-state index contributed by atoms with van der Waals surface area (Å²) in [6.45, 7) is 14.7. The number of carbonyl (C=O) groups is 1. The topological polar surface area (TPSA) is 35.5 Å². The molecule has 0 amide bonds. The second-order valence-electron chi connectivity index (χ2n) is 14.6. The second kappa shape index (κ2) is 10.4. The third kappa shape index (κ3) is 4.71. The summed E-state index contributed by atoms with van der Waals surface area (Å²) >= 11 is 2.11. The number of carbonyl (C=O) groups excluding carboxylic acids is 1. The van der Waals surface area contributed by atoms with Crippen LogP contribution in [-0.2, 0) is 14.3 Å². The van der Waals surface area contributed by atoms with Crippen molar-refractivity contribution in [2.24, 2.45) is 52.3 Å². The maximum absolute atomic E-state index is 11.5. The van der Waals surface area contributed by atoms with Gasteiger partial charge >= 0.3 is 5.97 Å². The van der Waals surface area contributed by atoms with Crippen molar-refractivity contribution < 1.29 is 14.3 Å². The van der Waals surface area contributed by atoms with E-state index in [1.807, 2.05) is 0 Å². The van der Waals surface area contributed by atoms with Crippen LogP contribution in [0.3, 0.4) is 0 Å². The van der Waals surface area contributed by atoms with Gasteiger partial charge in [0.25, 0.3) is 0 Å². The molecule has 0 aromatic carbocycles. The molecule has 1 saturated heterocycles. The van der Waals surface area contributed by atoms with E-state index in [4.69, 9.17) is 9.47 Å². The maximum Gasteiger partial charge on any atom is 0.302 e. The molecule has 0 aromatic heterocycles. The summed E-state index contributed by atoms with van der Waals surface area (Å²) in [4.78, 5) is 11.4. The van der Waals surface area contributed by atoms with Gasteiger partial charge < -0.3 is 9.47 Å². The number of thioether (sulfide) groups is 1. The Hall–Kier alpha value is -0.220. The van der Waals surface area contributed by atoms with Crippen LogP contribution < -0.4 is 0 Å². The smallest absolute Gasteiger partial charge is 0.302 e. The fraction of sp³-hybridized carbons (Fsp3) is 0.969. The predicted molar refractivity (Wildman–Crippen MR) is 150 cm³/mol. The van der Waals surface area contributed by atoms with Crippen molar-refractivity contribution >= 4 is 17.7 Å². The molecule has 1 unspecified atom stereocenters. The van der Waals surface area contributed by atoms with Crippen LogP contribution in [0, 0.1) is 52.3 Å². The summed E-state index contributed by atoms with van der Waals surface area (Å²) in [6.07, 6.45) is 16.8. The van der Waals surface area contributed by atoms with E-state index >= 15 is 0 Å². The van der Waals surface area contributed by atoms with E-state index in [1.165, 1.54) is 84.0 Å². The highest BCUT2D eigenvalue weighted by molar-refractivity contribution is 8.00. The first-order valence-corrected chi connectivity index (χ1v) is 16.5. The van der Waals surface area contributed by atoms with Gasteiger partial charge in [0.05, 0.1) is 0 Å². The summed E-state index contributed by atoms with van der Waals surface area (Å²) < 4.78 is 12.5. The van der Waals surface area contributed by atoms with E-state index in [0.29, 0.717) is 23.4 Å². The van der Waals surface area contributed by atoms with E-state index in [9.17, 15) is 4.79 Å². The van der Waals surface area contributed by atoms with Crippen molar-refractivity contribution in [1.29, 1.82) is 0 Å². The lowest BCUT2D eigenvalue weighted by atomic mass is 9.43. The number of fused-ring (bicyclic) bond motifs is 6. The molecule has 1 aliphatic heterocycles. The summed E-state index contributed by atoms with van der Waals surface area (Å²) in [6, 6.07) is 0. The zero-order valence-corrected chi connectivity index (χ0v) is 25.0. The molecule has 36 heavy (non-hydrogen) atoms. The van der Waals surface area contributed by atoms with E-state index in [-0.39, 0.29) is 17.0 Å². The van der Waals surface area contributed by atoms with Gasteiger partial charge in [-0.15, -0.1) is 11.8 Å². The molecule has 0 N–H and O–H groups in total. The van der Waals surface area contributed by atoms with Gasteiger partial charge in [-0.25, -0.2) is 0 Å². The SMILES string of the molecule is CC(=O)OCC1CS[C@]2(C[C@H]3[C@@H]4CC[C@H]([C@H](C)CCCC(C)C)[C@@]4(C)CC[C@@H]3[C@@]3(C)CCCC[C@@H]32)O1. The minimum Gasteiger partial charge on any atom is -0.463 e. The van der Waals surface area contributed by atoms with E-state index < -0.39 is 0 Å². The van der Waals surface area contributed by atoms with Gasteiger partial charge in [0, 0.05) is 18.6 Å². The van der Waals surface area contributed by atoms with Crippen molar-refractivity contribution in [2.75, 3.05) is 12.4 Å². The number of hydrogen-bond donors (Lipinski definition) is 0. The maximum atomic E-state index is 11.5. The second-order valence-corrected chi connectivity index (χ2v) is 15.9. The minimum atomic E-state index is -0.182. The molecule has 10 atom stereocenters. The lowest BCUT2D eigenvalue weighted by Gasteiger charge is -2.65. The van der Waals surface area contributed by atoms with Gasteiger partial charge in [-0.3, -0.25) is 4.79 Å². The number of hydrogen-bond acceptors (Lipinski definition) is 4. The fourth-order valence-electron chi connectivity index (χ4n) is 10.6. The Morgan fingerprint density at radius 3 is 2.53 bits per heavy atom. The number of ether oxygens (including phenoxy) is 2. The average Bonchev–Trinajstić information content (AvgIpc) is 3.38. The first kappa shape index (κ1) is 27.4. The van der Waals surface area contributed by atoms with Gasteiger partial charge in [0.15, 0.2) is 0 Å². The lowest BCUT2D eigenvalue weighted by Crippen LogP contribution is -2.61. The zero-order chi connectivity index (χ0) is 25.7. The molecule has 5 aliphatic rings.